The third-order valence-corrected chi connectivity index (χ3v) is 3.47. The van der Waals surface area contributed by atoms with Gasteiger partial charge < -0.3 is 4.90 Å². The van der Waals surface area contributed by atoms with Gasteiger partial charge in [-0.1, -0.05) is 0 Å². The maximum atomic E-state index is 12.2. The van der Waals surface area contributed by atoms with Crippen LogP contribution in [0.4, 0.5) is 0 Å². The highest BCUT2D eigenvalue weighted by atomic mass is 35.5. The molecule has 1 aliphatic heterocycles. The number of hydrogen-bond acceptors (Lipinski definition) is 2. The number of aromatic nitrogens is 1. The van der Waals surface area contributed by atoms with Crippen LogP contribution < -0.4 is 0 Å². The SMILES string of the molecule is Cc1ncccc1C(=O)N1CCC(CCl)C1. The van der Waals surface area contributed by atoms with Crippen LogP contribution in [0.5, 0.6) is 0 Å². The fourth-order valence-electron chi connectivity index (χ4n) is 2.02. The third-order valence-electron chi connectivity index (χ3n) is 3.03. The van der Waals surface area contributed by atoms with Crippen molar-refractivity contribution in [3.05, 3.63) is 29.6 Å². The Morgan fingerprint density at radius 1 is 1.69 bits per heavy atom. The van der Waals surface area contributed by atoms with Crippen molar-refractivity contribution in [1.82, 2.24) is 9.88 Å². The molecule has 0 radical (unpaired) electrons. The number of aryl methyl sites for hydroxylation is 1. The summed E-state index contributed by atoms with van der Waals surface area (Å²) >= 11 is 5.80. The fourth-order valence-corrected chi connectivity index (χ4v) is 2.28. The summed E-state index contributed by atoms with van der Waals surface area (Å²) in [6.45, 7) is 3.45. The standard InChI is InChI=1S/C12H15ClN2O/c1-9-11(3-2-5-14-9)12(16)15-6-4-10(7-13)8-15/h2-3,5,10H,4,6-8H2,1H3. The molecule has 0 saturated carbocycles. The Balaban J connectivity index is 2.12. The maximum Gasteiger partial charge on any atom is 0.255 e. The number of hydrogen-bond donors (Lipinski definition) is 0. The minimum Gasteiger partial charge on any atom is -0.338 e. The second kappa shape index (κ2) is 4.83. The number of pyridine rings is 1. The Morgan fingerprint density at radius 2 is 2.50 bits per heavy atom. The lowest BCUT2D eigenvalue weighted by molar-refractivity contribution is 0.0787. The van der Waals surface area contributed by atoms with E-state index >= 15 is 0 Å². The number of carbonyl (C=O) groups excluding carboxylic acids is 1. The Morgan fingerprint density at radius 3 is 3.12 bits per heavy atom. The van der Waals surface area contributed by atoms with Crippen LogP contribution >= 0.6 is 11.6 Å². The Kier molecular flexibility index (Phi) is 3.44. The Labute approximate surface area is 100 Å². The molecule has 1 atom stereocenters. The average molecular weight is 239 g/mol. The number of likely N-dealkylation sites (tertiary alicyclic amines) is 1. The molecule has 2 rings (SSSR count). The molecular weight excluding hydrogens is 224 g/mol. The minimum atomic E-state index is 0.0817. The van der Waals surface area contributed by atoms with Gasteiger partial charge in [0.15, 0.2) is 0 Å². The molecule has 4 heteroatoms. The van der Waals surface area contributed by atoms with Gasteiger partial charge in [-0.05, 0) is 31.4 Å². The first-order chi connectivity index (χ1) is 7.72. The zero-order chi connectivity index (χ0) is 11.5. The molecule has 1 aromatic rings. The molecule has 1 unspecified atom stereocenters. The van der Waals surface area contributed by atoms with E-state index in [1.807, 2.05) is 17.9 Å². The number of rotatable bonds is 2. The zero-order valence-electron chi connectivity index (χ0n) is 9.32. The van der Waals surface area contributed by atoms with E-state index in [4.69, 9.17) is 11.6 Å². The van der Waals surface area contributed by atoms with Gasteiger partial charge in [0, 0.05) is 30.9 Å². The lowest BCUT2D eigenvalue weighted by Gasteiger charge is -2.16. The highest BCUT2D eigenvalue weighted by molar-refractivity contribution is 6.18. The second-order valence-corrected chi connectivity index (χ2v) is 4.51. The van der Waals surface area contributed by atoms with Gasteiger partial charge in [0.25, 0.3) is 5.91 Å². The molecule has 86 valence electrons. The lowest BCUT2D eigenvalue weighted by Crippen LogP contribution is -2.29. The molecule has 0 aliphatic carbocycles. The predicted octanol–water partition coefficient (Wildman–Crippen LogP) is 2.09. The Bertz CT molecular complexity index is 394. The predicted molar refractivity (Wildman–Crippen MR) is 63.7 cm³/mol. The van der Waals surface area contributed by atoms with E-state index in [9.17, 15) is 4.79 Å². The Hall–Kier alpha value is -1.09. The van der Waals surface area contributed by atoms with Gasteiger partial charge in [0.1, 0.15) is 0 Å². The van der Waals surface area contributed by atoms with Crippen LogP contribution in [0.15, 0.2) is 18.3 Å². The number of carbonyl (C=O) groups is 1. The van der Waals surface area contributed by atoms with Gasteiger partial charge in [0.2, 0.25) is 0 Å². The van der Waals surface area contributed by atoms with Crippen molar-refractivity contribution in [1.29, 1.82) is 0 Å². The summed E-state index contributed by atoms with van der Waals surface area (Å²) in [5, 5.41) is 0. The van der Waals surface area contributed by atoms with E-state index < -0.39 is 0 Å². The molecule has 1 amide bonds. The van der Waals surface area contributed by atoms with Crippen LogP contribution in [-0.2, 0) is 0 Å². The molecular formula is C12H15ClN2O. The smallest absolute Gasteiger partial charge is 0.255 e. The van der Waals surface area contributed by atoms with Crippen molar-refractivity contribution in [2.75, 3.05) is 19.0 Å². The van der Waals surface area contributed by atoms with Crippen LogP contribution in [0.2, 0.25) is 0 Å². The van der Waals surface area contributed by atoms with Crippen molar-refractivity contribution >= 4 is 17.5 Å². The van der Waals surface area contributed by atoms with Crippen LogP contribution in [-0.4, -0.2) is 34.8 Å². The topological polar surface area (TPSA) is 33.2 Å². The number of alkyl halides is 1. The van der Waals surface area contributed by atoms with E-state index in [0.29, 0.717) is 17.4 Å². The van der Waals surface area contributed by atoms with Gasteiger partial charge >= 0.3 is 0 Å². The van der Waals surface area contributed by atoms with Crippen molar-refractivity contribution in [3.63, 3.8) is 0 Å². The number of halogens is 1. The van der Waals surface area contributed by atoms with Crippen molar-refractivity contribution in [2.24, 2.45) is 5.92 Å². The third kappa shape index (κ3) is 2.19. The fraction of sp³-hybridized carbons (Fsp3) is 0.500. The molecule has 3 nitrogen and oxygen atoms in total. The number of amides is 1. The van der Waals surface area contributed by atoms with E-state index in [1.165, 1.54) is 0 Å². The number of nitrogens with zero attached hydrogens (tertiary/aromatic N) is 2. The van der Waals surface area contributed by atoms with Crippen LogP contribution in [0.25, 0.3) is 0 Å². The quantitative estimate of drug-likeness (QED) is 0.740. The lowest BCUT2D eigenvalue weighted by atomic mass is 10.1. The zero-order valence-corrected chi connectivity index (χ0v) is 10.1. The van der Waals surface area contributed by atoms with Crippen molar-refractivity contribution in [2.45, 2.75) is 13.3 Å². The van der Waals surface area contributed by atoms with E-state index in [1.54, 1.807) is 12.3 Å². The highest BCUT2D eigenvalue weighted by Crippen LogP contribution is 2.20. The monoisotopic (exact) mass is 238 g/mol. The summed E-state index contributed by atoms with van der Waals surface area (Å²) in [6.07, 6.45) is 2.71. The van der Waals surface area contributed by atoms with Crippen LogP contribution in [0.1, 0.15) is 22.5 Å². The summed E-state index contributed by atoms with van der Waals surface area (Å²) in [5.41, 5.74) is 1.50. The highest BCUT2D eigenvalue weighted by Gasteiger charge is 2.26. The first-order valence-corrected chi connectivity index (χ1v) is 6.02. The molecule has 0 spiro atoms. The van der Waals surface area contributed by atoms with E-state index in [0.717, 1.165) is 25.2 Å². The van der Waals surface area contributed by atoms with Gasteiger partial charge in [-0.2, -0.15) is 0 Å². The molecule has 1 aliphatic rings. The van der Waals surface area contributed by atoms with E-state index in [2.05, 4.69) is 4.98 Å². The normalized spacial score (nSPS) is 20.1. The maximum absolute atomic E-state index is 12.2. The van der Waals surface area contributed by atoms with Gasteiger partial charge in [-0.15, -0.1) is 11.6 Å². The van der Waals surface area contributed by atoms with Gasteiger partial charge in [-0.3, -0.25) is 9.78 Å². The first kappa shape index (κ1) is 11.4. The largest absolute Gasteiger partial charge is 0.338 e. The van der Waals surface area contributed by atoms with Gasteiger partial charge in [0.05, 0.1) is 5.56 Å². The van der Waals surface area contributed by atoms with Crippen molar-refractivity contribution < 1.29 is 4.79 Å². The molecule has 0 N–H and O–H groups in total. The molecule has 1 fully saturated rings. The molecule has 0 bridgehead atoms. The molecule has 1 aromatic heterocycles. The average Bonchev–Trinajstić information content (AvgIpc) is 2.77. The second-order valence-electron chi connectivity index (χ2n) is 4.20. The summed E-state index contributed by atoms with van der Waals surface area (Å²) in [5.74, 6) is 1.16. The minimum absolute atomic E-state index is 0.0817. The first-order valence-electron chi connectivity index (χ1n) is 5.49. The van der Waals surface area contributed by atoms with Crippen molar-refractivity contribution in [3.8, 4) is 0 Å². The van der Waals surface area contributed by atoms with E-state index in [-0.39, 0.29) is 5.91 Å². The molecule has 0 aromatic carbocycles. The van der Waals surface area contributed by atoms with Crippen LogP contribution in [0.3, 0.4) is 0 Å². The van der Waals surface area contributed by atoms with Gasteiger partial charge in [-0.25, -0.2) is 0 Å². The van der Waals surface area contributed by atoms with Crippen LogP contribution in [0, 0.1) is 12.8 Å². The summed E-state index contributed by atoms with van der Waals surface area (Å²) in [6, 6.07) is 3.63. The molecule has 2 heterocycles. The summed E-state index contributed by atoms with van der Waals surface area (Å²) in [4.78, 5) is 18.2. The molecule has 1 saturated heterocycles. The molecule has 16 heavy (non-hydrogen) atoms. The summed E-state index contributed by atoms with van der Waals surface area (Å²) in [7, 11) is 0. The summed E-state index contributed by atoms with van der Waals surface area (Å²) < 4.78 is 0.